The molecule has 11 nitrogen and oxygen atoms in total. The Labute approximate surface area is 177 Å². The number of carbonyl (C=O) groups excluding carboxylic acids is 3. The number of H-pyrrole nitrogens is 1. The van der Waals surface area contributed by atoms with E-state index in [0.29, 0.717) is 17.9 Å². The highest BCUT2D eigenvalue weighted by Crippen LogP contribution is 2.03. The van der Waals surface area contributed by atoms with Gasteiger partial charge in [0.2, 0.25) is 17.7 Å². The summed E-state index contributed by atoms with van der Waals surface area (Å²) in [5.74, 6) is -2.46. The van der Waals surface area contributed by atoms with Crippen LogP contribution >= 0.6 is 24.4 Å². The number of thioether (sulfide) groups is 1. The highest BCUT2D eigenvalue weighted by molar-refractivity contribution is 7.98. The Bertz CT molecular complexity index is 687. The first-order valence-electron chi connectivity index (χ1n) is 8.71. The Morgan fingerprint density at radius 3 is 2.55 bits per heavy atom. The van der Waals surface area contributed by atoms with Gasteiger partial charge < -0.3 is 31.8 Å². The lowest BCUT2D eigenvalue weighted by Crippen LogP contribution is -2.54. The van der Waals surface area contributed by atoms with Crippen molar-refractivity contribution in [2.75, 3.05) is 24.3 Å². The molecule has 0 saturated carbocycles. The van der Waals surface area contributed by atoms with Crippen LogP contribution in [-0.2, 0) is 25.6 Å². The average Bonchev–Trinajstić information content (AvgIpc) is 3.19. The quantitative estimate of drug-likeness (QED) is 0.172. The van der Waals surface area contributed by atoms with Gasteiger partial charge in [0.1, 0.15) is 12.1 Å². The molecule has 13 heteroatoms. The number of nitrogens with two attached hydrogens (primary N) is 1. The molecule has 3 amide bonds. The maximum atomic E-state index is 12.4. The molecular formula is C16H26N6O5S2. The van der Waals surface area contributed by atoms with E-state index in [2.05, 4.69) is 38.5 Å². The maximum Gasteiger partial charge on any atom is 0.327 e. The minimum atomic E-state index is -1.23. The molecule has 0 aliphatic heterocycles. The van der Waals surface area contributed by atoms with Crippen LogP contribution in [0.3, 0.4) is 0 Å². The Hall–Kier alpha value is -2.25. The Morgan fingerprint density at radius 2 is 2.00 bits per heavy atom. The standard InChI is InChI=1S/C16H26N6O5S2/c1-29-3-2-11(22-14(24)10(17)4-9-5-18-8-20-9)15(25)19-6-13(23)21-12(7-28)16(26)27/h5,8,10-12,28H,2-4,6-7,17H2,1H3,(H,18,20)(H,19,25)(H,21,23)(H,22,24)(H,26,27). The third kappa shape index (κ3) is 9.19. The molecule has 162 valence electrons. The molecule has 1 aromatic rings. The number of aliphatic carboxylic acids is 1. The van der Waals surface area contributed by atoms with E-state index in [0.717, 1.165) is 0 Å². The van der Waals surface area contributed by atoms with Crippen molar-refractivity contribution in [2.24, 2.45) is 5.73 Å². The summed E-state index contributed by atoms with van der Waals surface area (Å²) in [5.41, 5.74) is 6.57. The van der Waals surface area contributed by atoms with E-state index >= 15 is 0 Å². The molecule has 0 saturated heterocycles. The number of aromatic amines is 1. The van der Waals surface area contributed by atoms with E-state index in [-0.39, 0.29) is 12.2 Å². The van der Waals surface area contributed by atoms with Crippen molar-refractivity contribution in [2.45, 2.75) is 31.0 Å². The molecule has 1 heterocycles. The second-order valence-electron chi connectivity index (χ2n) is 6.09. The Morgan fingerprint density at radius 1 is 1.28 bits per heavy atom. The van der Waals surface area contributed by atoms with Gasteiger partial charge in [-0.1, -0.05) is 0 Å². The lowest BCUT2D eigenvalue weighted by molar-refractivity contribution is -0.141. The number of rotatable bonds is 13. The summed E-state index contributed by atoms with van der Waals surface area (Å²) >= 11 is 5.34. The van der Waals surface area contributed by atoms with Gasteiger partial charge in [-0.2, -0.15) is 24.4 Å². The second-order valence-corrected chi connectivity index (χ2v) is 7.44. The predicted molar refractivity (Wildman–Crippen MR) is 112 cm³/mol. The zero-order valence-electron chi connectivity index (χ0n) is 15.9. The van der Waals surface area contributed by atoms with Gasteiger partial charge in [-0.05, 0) is 18.4 Å². The van der Waals surface area contributed by atoms with Crippen LogP contribution in [0.15, 0.2) is 12.5 Å². The molecule has 29 heavy (non-hydrogen) atoms. The minimum Gasteiger partial charge on any atom is -0.480 e. The van der Waals surface area contributed by atoms with Gasteiger partial charge in [0, 0.05) is 24.1 Å². The summed E-state index contributed by atoms with van der Waals surface area (Å²) in [6.45, 7) is -0.428. The van der Waals surface area contributed by atoms with Gasteiger partial charge in [0.05, 0.1) is 18.9 Å². The highest BCUT2D eigenvalue weighted by atomic mass is 32.2. The Kier molecular flexibility index (Phi) is 11.2. The van der Waals surface area contributed by atoms with Crippen LogP contribution in [-0.4, -0.2) is 81.2 Å². The molecule has 0 radical (unpaired) electrons. The van der Waals surface area contributed by atoms with E-state index in [9.17, 15) is 19.2 Å². The predicted octanol–water partition coefficient (Wildman–Crippen LogP) is -1.87. The largest absolute Gasteiger partial charge is 0.480 e. The third-order valence-corrected chi connectivity index (χ3v) is 4.82. The van der Waals surface area contributed by atoms with Crippen molar-refractivity contribution in [1.29, 1.82) is 0 Å². The molecule has 3 atom stereocenters. The SMILES string of the molecule is CSCCC(NC(=O)C(N)Cc1cnc[nH]1)C(=O)NCC(=O)NC(CS)C(=O)O. The van der Waals surface area contributed by atoms with E-state index in [1.54, 1.807) is 6.20 Å². The fraction of sp³-hybridized carbons (Fsp3) is 0.562. The first kappa shape index (κ1) is 24.8. The van der Waals surface area contributed by atoms with Crippen LogP contribution < -0.4 is 21.7 Å². The topological polar surface area (TPSA) is 179 Å². The van der Waals surface area contributed by atoms with Crippen molar-refractivity contribution in [3.05, 3.63) is 18.2 Å². The van der Waals surface area contributed by atoms with Crippen LogP contribution in [0.4, 0.5) is 0 Å². The Balaban J connectivity index is 2.59. The third-order valence-electron chi connectivity index (χ3n) is 3.81. The van der Waals surface area contributed by atoms with Crippen LogP contribution in [0.1, 0.15) is 12.1 Å². The molecule has 1 rings (SSSR count). The second kappa shape index (κ2) is 13.1. The molecule has 0 aromatic carbocycles. The fourth-order valence-electron chi connectivity index (χ4n) is 2.23. The van der Waals surface area contributed by atoms with E-state index in [4.69, 9.17) is 10.8 Å². The number of imidazole rings is 1. The zero-order valence-corrected chi connectivity index (χ0v) is 17.6. The van der Waals surface area contributed by atoms with E-state index in [1.165, 1.54) is 18.1 Å². The summed E-state index contributed by atoms with van der Waals surface area (Å²) in [6.07, 6.45) is 5.45. The monoisotopic (exact) mass is 446 g/mol. The number of thiol groups is 1. The smallest absolute Gasteiger partial charge is 0.327 e. The number of hydrogen-bond acceptors (Lipinski definition) is 8. The lowest BCUT2D eigenvalue weighted by atomic mass is 10.1. The summed E-state index contributed by atoms with van der Waals surface area (Å²) in [4.78, 5) is 54.2. The average molecular weight is 447 g/mol. The maximum absolute atomic E-state index is 12.4. The van der Waals surface area contributed by atoms with Crippen LogP contribution in [0.2, 0.25) is 0 Å². The van der Waals surface area contributed by atoms with Crippen molar-refractivity contribution in [1.82, 2.24) is 25.9 Å². The summed E-state index contributed by atoms with van der Waals surface area (Å²) in [7, 11) is 0. The first-order valence-corrected chi connectivity index (χ1v) is 10.7. The normalized spacial score (nSPS) is 13.8. The number of carboxylic acid groups (broad SMARTS) is 1. The van der Waals surface area contributed by atoms with Gasteiger partial charge in [-0.25, -0.2) is 9.78 Å². The molecule has 1 aromatic heterocycles. The molecule has 0 fully saturated rings. The number of carbonyl (C=O) groups is 4. The molecular weight excluding hydrogens is 420 g/mol. The van der Waals surface area contributed by atoms with E-state index < -0.39 is 48.4 Å². The number of amides is 3. The van der Waals surface area contributed by atoms with Gasteiger partial charge in [-0.15, -0.1) is 0 Å². The number of aromatic nitrogens is 2. The fourth-order valence-corrected chi connectivity index (χ4v) is 2.95. The van der Waals surface area contributed by atoms with Crippen molar-refractivity contribution in [3.8, 4) is 0 Å². The van der Waals surface area contributed by atoms with Crippen molar-refractivity contribution < 1.29 is 24.3 Å². The summed E-state index contributed by atoms with van der Waals surface area (Å²) in [5, 5.41) is 16.1. The van der Waals surface area contributed by atoms with Gasteiger partial charge in [-0.3, -0.25) is 14.4 Å². The van der Waals surface area contributed by atoms with Gasteiger partial charge in [0.25, 0.3) is 0 Å². The number of hydrogen-bond donors (Lipinski definition) is 7. The molecule has 0 aliphatic rings. The minimum absolute atomic E-state index is 0.0877. The number of nitrogens with zero attached hydrogens (tertiary/aromatic N) is 1. The van der Waals surface area contributed by atoms with E-state index in [1.807, 2.05) is 6.26 Å². The van der Waals surface area contributed by atoms with Gasteiger partial charge in [0.15, 0.2) is 0 Å². The molecule has 0 aliphatic carbocycles. The molecule has 3 unspecified atom stereocenters. The van der Waals surface area contributed by atoms with Crippen molar-refractivity contribution >= 4 is 48.1 Å². The summed E-state index contributed by atoms with van der Waals surface area (Å²) < 4.78 is 0. The molecule has 0 bridgehead atoms. The molecule has 7 N–H and O–H groups in total. The van der Waals surface area contributed by atoms with Crippen LogP contribution in [0.25, 0.3) is 0 Å². The summed E-state index contributed by atoms with van der Waals surface area (Å²) in [6, 6.07) is -2.92. The molecule has 0 spiro atoms. The number of carboxylic acids is 1. The lowest BCUT2D eigenvalue weighted by Gasteiger charge is -2.20. The zero-order chi connectivity index (χ0) is 21.8. The highest BCUT2D eigenvalue weighted by Gasteiger charge is 2.25. The first-order chi connectivity index (χ1) is 13.8. The van der Waals surface area contributed by atoms with Crippen LogP contribution in [0.5, 0.6) is 0 Å². The number of nitrogens with one attached hydrogen (secondary N) is 4. The van der Waals surface area contributed by atoms with Crippen molar-refractivity contribution in [3.63, 3.8) is 0 Å². The van der Waals surface area contributed by atoms with Gasteiger partial charge >= 0.3 is 5.97 Å². The van der Waals surface area contributed by atoms with Crippen LogP contribution in [0, 0.1) is 0 Å².